The van der Waals surface area contributed by atoms with Gasteiger partial charge in [0.2, 0.25) is 11.8 Å². The van der Waals surface area contributed by atoms with Crippen LogP contribution >= 0.6 is 11.3 Å². The summed E-state index contributed by atoms with van der Waals surface area (Å²) < 4.78 is 0. The molecule has 7 nitrogen and oxygen atoms in total. The van der Waals surface area contributed by atoms with Crippen molar-refractivity contribution in [3.63, 3.8) is 0 Å². The third-order valence-corrected chi connectivity index (χ3v) is 7.38. The largest absolute Gasteiger partial charge is 0.356 e. The maximum absolute atomic E-state index is 13.2. The second kappa shape index (κ2) is 8.78. The van der Waals surface area contributed by atoms with Crippen molar-refractivity contribution in [2.24, 2.45) is 0 Å². The molecule has 0 bridgehead atoms. The summed E-state index contributed by atoms with van der Waals surface area (Å²) in [6.45, 7) is 5.68. The lowest BCUT2D eigenvalue weighted by Gasteiger charge is -2.47. The third-order valence-electron chi connectivity index (χ3n) is 6.35. The fourth-order valence-corrected chi connectivity index (χ4v) is 5.38. The zero-order valence-electron chi connectivity index (χ0n) is 18.0. The van der Waals surface area contributed by atoms with Gasteiger partial charge in [0, 0.05) is 56.2 Å². The summed E-state index contributed by atoms with van der Waals surface area (Å²) in [5.41, 5.74) is 2.13. The molecule has 2 aliphatic heterocycles. The maximum atomic E-state index is 13.2. The van der Waals surface area contributed by atoms with Gasteiger partial charge in [-0.2, -0.15) is 0 Å². The summed E-state index contributed by atoms with van der Waals surface area (Å²) in [5.74, 6) is -0.0425. The number of nitrogens with one attached hydrogen (secondary N) is 1. The molecule has 3 heterocycles. The number of hydrogen-bond acceptors (Lipinski definition) is 5. The first-order valence-corrected chi connectivity index (χ1v) is 11.6. The Kier molecular flexibility index (Phi) is 6.09. The molecule has 8 heteroatoms. The van der Waals surface area contributed by atoms with Gasteiger partial charge in [-0.1, -0.05) is 18.2 Å². The van der Waals surface area contributed by atoms with Crippen LogP contribution in [0, 0.1) is 6.92 Å². The molecule has 0 radical (unpaired) electrons. The molecule has 3 amide bonds. The van der Waals surface area contributed by atoms with Crippen LogP contribution < -0.4 is 5.32 Å². The molecular weight excluding hydrogens is 412 g/mol. The van der Waals surface area contributed by atoms with Gasteiger partial charge in [0.1, 0.15) is 0 Å². The summed E-state index contributed by atoms with van der Waals surface area (Å²) in [6.07, 6.45) is 2.15. The van der Waals surface area contributed by atoms with E-state index in [1.54, 1.807) is 23.2 Å². The van der Waals surface area contributed by atoms with Crippen LogP contribution in [-0.2, 0) is 22.6 Å². The Morgan fingerprint density at radius 2 is 1.97 bits per heavy atom. The number of fused-ring (bicyclic) bond motifs is 1. The topological polar surface area (TPSA) is 82.6 Å². The summed E-state index contributed by atoms with van der Waals surface area (Å²) in [5, 5.41) is 6.03. The third kappa shape index (κ3) is 4.49. The Morgan fingerprint density at radius 1 is 1.23 bits per heavy atom. The van der Waals surface area contributed by atoms with Crippen molar-refractivity contribution in [3.8, 4) is 0 Å². The van der Waals surface area contributed by atoms with Crippen molar-refractivity contribution in [2.45, 2.75) is 51.6 Å². The van der Waals surface area contributed by atoms with E-state index in [1.807, 2.05) is 41.5 Å². The number of aromatic nitrogens is 1. The first-order valence-electron chi connectivity index (χ1n) is 10.7. The number of likely N-dealkylation sites (tertiary alicyclic amines) is 1. The van der Waals surface area contributed by atoms with E-state index in [0.717, 1.165) is 21.8 Å². The second-order valence-electron chi connectivity index (χ2n) is 8.44. The molecule has 164 valence electrons. The van der Waals surface area contributed by atoms with E-state index < -0.39 is 5.54 Å². The van der Waals surface area contributed by atoms with E-state index in [4.69, 9.17) is 0 Å². The van der Waals surface area contributed by atoms with E-state index in [1.165, 1.54) is 0 Å². The average Bonchev–Trinajstić information content (AvgIpc) is 3.32. The molecule has 0 aliphatic carbocycles. The highest BCUT2D eigenvalue weighted by Gasteiger charge is 2.47. The van der Waals surface area contributed by atoms with Gasteiger partial charge >= 0.3 is 0 Å². The minimum absolute atomic E-state index is 0.0158. The molecule has 0 saturated carbocycles. The van der Waals surface area contributed by atoms with Gasteiger partial charge in [-0.05, 0) is 31.4 Å². The van der Waals surface area contributed by atoms with Crippen LogP contribution in [-0.4, -0.2) is 57.7 Å². The number of aryl methyl sites for hydroxylation is 1. The van der Waals surface area contributed by atoms with Gasteiger partial charge < -0.3 is 15.1 Å². The normalized spacial score (nSPS) is 17.5. The van der Waals surface area contributed by atoms with Crippen LogP contribution in [0.2, 0.25) is 0 Å². The standard InChI is InChI=1S/C23H28N4O3S/c1-16-15-31-21(25-16)7-10-24-20(29)13-23(8-11-26(12-9-23)17(2)28)27-14-18-5-3-4-6-19(18)22(27)30/h3-6,15H,7-14H2,1-2H3,(H,24,29). The van der Waals surface area contributed by atoms with E-state index >= 15 is 0 Å². The number of benzene rings is 1. The lowest BCUT2D eigenvalue weighted by Crippen LogP contribution is -2.58. The van der Waals surface area contributed by atoms with Crippen molar-refractivity contribution in [1.29, 1.82) is 0 Å². The smallest absolute Gasteiger partial charge is 0.254 e. The van der Waals surface area contributed by atoms with Gasteiger partial charge in [-0.3, -0.25) is 14.4 Å². The van der Waals surface area contributed by atoms with Crippen LogP contribution in [0.25, 0.3) is 0 Å². The first-order chi connectivity index (χ1) is 14.9. The van der Waals surface area contributed by atoms with E-state index in [-0.39, 0.29) is 24.1 Å². The average molecular weight is 441 g/mol. The molecule has 0 spiro atoms. The summed E-state index contributed by atoms with van der Waals surface area (Å²) in [7, 11) is 0. The second-order valence-corrected chi connectivity index (χ2v) is 9.38. The molecule has 31 heavy (non-hydrogen) atoms. The van der Waals surface area contributed by atoms with Gasteiger partial charge in [0.25, 0.3) is 5.91 Å². The molecule has 4 rings (SSSR count). The van der Waals surface area contributed by atoms with Crippen LogP contribution in [0.5, 0.6) is 0 Å². The quantitative estimate of drug-likeness (QED) is 0.748. The van der Waals surface area contributed by atoms with Crippen molar-refractivity contribution in [1.82, 2.24) is 20.1 Å². The molecule has 1 aromatic heterocycles. The summed E-state index contributed by atoms with van der Waals surface area (Å²) >= 11 is 1.60. The summed E-state index contributed by atoms with van der Waals surface area (Å²) in [6, 6.07) is 7.64. The Bertz CT molecular complexity index is 994. The number of thiazole rings is 1. The monoisotopic (exact) mass is 440 g/mol. The fraction of sp³-hybridized carbons (Fsp3) is 0.478. The Morgan fingerprint density at radius 3 is 2.61 bits per heavy atom. The van der Waals surface area contributed by atoms with Gasteiger partial charge in [0.15, 0.2) is 0 Å². The lowest BCUT2D eigenvalue weighted by atomic mass is 9.82. The van der Waals surface area contributed by atoms with Crippen LogP contribution in [0.3, 0.4) is 0 Å². The number of amides is 3. The number of carbonyl (C=O) groups excluding carboxylic acids is 3. The van der Waals surface area contributed by atoms with Crippen molar-refractivity contribution in [3.05, 3.63) is 51.5 Å². The van der Waals surface area contributed by atoms with Gasteiger partial charge in [0.05, 0.1) is 17.0 Å². The molecule has 1 aromatic carbocycles. The van der Waals surface area contributed by atoms with Crippen LogP contribution in [0.15, 0.2) is 29.6 Å². The van der Waals surface area contributed by atoms with Crippen molar-refractivity contribution < 1.29 is 14.4 Å². The van der Waals surface area contributed by atoms with Crippen molar-refractivity contribution in [2.75, 3.05) is 19.6 Å². The highest BCUT2D eigenvalue weighted by molar-refractivity contribution is 7.09. The molecule has 1 saturated heterocycles. The zero-order chi connectivity index (χ0) is 22.0. The van der Waals surface area contributed by atoms with Crippen molar-refractivity contribution >= 4 is 29.1 Å². The minimum Gasteiger partial charge on any atom is -0.356 e. The molecule has 0 unspecified atom stereocenters. The Labute approximate surface area is 186 Å². The minimum atomic E-state index is -0.579. The molecule has 1 fully saturated rings. The number of nitrogens with zero attached hydrogens (tertiary/aromatic N) is 3. The highest BCUT2D eigenvalue weighted by Crippen LogP contribution is 2.38. The predicted molar refractivity (Wildman–Crippen MR) is 119 cm³/mol. The van der Waals surface area contributed by atoms with E-state index in [0.29, 0.717) is 45.4 Å². The predicted octanol–water partition coefficient (Wildman–Crippen LogP) is 2.54. The maximum Gasteiger partial charge on any atom is 0.254 e. The number of rotatable bonds is 6. The number of carbonyl (C=O) groups is 3. The zero-order valence-corrected chi connectivity index (χ0v) is 18.8. The van der Waals surface area contributed by atoms with Gasteiger partial charge in [-0.15, -0.1) is 11.3 Å². The molecule has 0 atom stereocenters. The Balaban J connectivity index is 1.46. The van der Waals surface area contributed by atoms with Crippen LogP contribution in [0.4, 0.5) is 0 Å². The SMILES string of the molecule is CC(=O)N1CCC(CC(=O)NCCc2nc(C)cs2)(N2Cc3ccccc3C2=O)CC1. The molecule has 1 N–H and O–H groups in total. The molecule has 2 aliphatic rings. The molecular formula is C23H28N4O3S. The number of piperidine rings is 1. The summed E-state index contributed by atoms with van der Waals surface area (Å²) in [4.78, 5) is 46.1. The van der Waals surface area contributed by atoms with Crippen LogP contribution in [0.1, 0.15) is 52.8 Å². The fourth-order valence-electron chi connectivity index (χ4n) is 4.61. The van der Waals surface area contributed by atoms with E-state index in [2.05, 4.69) is 10.3 Å². The lowest BCUT2D eigenvalue weighted by molar-refractivity contribution is -0.132. The first kappa shape index (κ1) is 21.5. The highest BCUT2D eigenvalue weighted by atomic mass is 32.1. The Hall–Kier alpha value is -2.74. The van der Waals surface area contributed by atoms with Gasteiger partial charge in [-0.25, -0.2) is 4.98 Å². The number of hydrogen-bond donors (Lipinski definition) is 1. The van der Waals surface area contributed by atoms with E-state index in [9.17, 15) is 14.4 Å². The molecule has 2 aromatic rings.